The highest BCUT2D eigenvalue weighted by atomic mass is 32.2. The predicted molar refractivity (Wildman–Crippen MR) is 80.9 cm³/mol. The van der Waals surface area contributed by atoms with Crippen LogP contribution in [-0.4, -0.2) is 8.42 Å². The van der Waals surface area contributed by atoms with Crippen LogP contribution in [0.1, 0.15) is 30.9 Å². The fourth-order valence-corrected chi connectivity index (χ4v) is 3.02. The zero-order valence-electron chi connectivity index (χ0n) is 12.3. The van der Waals surface area contributed by atoms with Crippen molar-refractivity contribution in [2.75, 3.05) is 0 Å². The van der Waals surface area contributed by atoms with Gasteiger partial charge < -0.3 is 0 Å². The third-order valence-electron chi connectivity index (χ3n) is 3.25. The summed E-state index contributed by atoms with van der Waals surface area (Å²) in [5, 5.41) is 0. The fraction of sp³-hybridized carbons (Fsp3) is 0.250. The molecule has 0 heterocycles. The first-order valence-electron chi connectivity index (χ1n) is 6.82. The maximum Gasteiger partial charge on any atom is 0.240 e. The number of halogens is 2. The maximum absolute atomic E-state index is 13.1. The molecule has 1 N–H and O–H groups in total. The molecule has 0 fully saturated rings. The lowest BCUT2D eigenvalue weighted by Gasteiger charge is -2.09. The van der Waals surface area contributed by atoms with Gasteiger partial charge in [0.2, 0.25) is 10.0 Å². The minimum absolute atomic E-state index is 0.119. The molecule has 0 aliphatic rings. The van der Waals surface area contributed by atoms with Crippen LogP contribution in [-0.2, 0) is 16.6 Å². The number of hydrogen-bond acceptors (Lipinski definition) is 2. The lowest BCUT2D eigenvalue weighted by atomic mass is 10.0. The third-order valence-corrected chi connectivity index (χ3v) is 4.66. The standard InChI is InChI=1S/C16H17F2NO2S/c1-11(2)13-3-5-16(6-4-13)22(20,21)19-10-12-7-14(17)9-15(18)8-12/h3-9,11,19H,10H2,1-2H3. The van der Waals surface area contributed by atoms with Crippen LogP contribution in [0.2, 0.25) is 0 Å². The van der Waals surface area contributed by atoms with E-state index >= 15 is 0 Å². The molecular weight excluding hydrogens is 308 g/mol. The quantitative estimate of drug-likeness (QED) is 0.913. The number of hydrogen-bond donors (Lipinski definition) is 1. The van der Waals surface area contributed by atoms with Gasteiger partial charge in [0.15, 0.2) is 0 Å². The van der Waals surface area contributed by atoms with E-state index in [9.17, 15) is 17.2 Å². The van der Waals surface area contributed by atoms with E-state index in [-0.39, 0.29) is 17.0 Å². The minimum atomic E-state index is -3.72. The van der Waals surface area contributed by atoms with Crippen molar-refractivity contribution in [1.82, 2.24) is 4.72 Å². The van der Waals surface area contributed by atoms with Gasteiger partial charge in [0.05, 0.1) is 4.90 Å². The second kappa shape index (κ2) is 6.54. The minimum Gasteiger partial charge on any atom is -0.207 e. The zero-order chi connectivity index (χ0) is 16.3. The summed E-state index contributed by atoms with van der Waals surface area (Å²) in [6.07, 6.45) is 0. The number of rotatable bonds is 5. The SMILES string of the molecule is CC(C)c1ccc(S(=O)(=O)NCc2cc(F)cc(F)c2)cc1. The summed E-state index contributed by atoms with van der Waals surface area (Å²) >= 11 is 0. The first kappa shape index (κ1) is 16.6. The van der Waals surface area contributed by atoms with Crippen LogP contribution in [0.5, 0.6) is 0 Å². The molecule has 2 aromatic rings. The molecule has 0 unspecified atom stereocenters. The molecule has 0 atom stereocenters. The Morgan fingerprint density at radius 3 is 2.05 bits per heavy atom. The second-order valence-electron chi connectivity index (χ2n) is 5.33. The van der Waals surface area contributed by atoms with Gasteiger partial charge in [-0.2, -0.15) is 0 Å². The normalized spacial score (nSPS) is 11.9. The van der Waals surface area contributed by atoms with Crippen molar-refractivity contribution in [3.63, 3.8) is 0 Å². The Bertz CT molecular complexity index is 736. The molecule has 118 valence electrons. The van der Waals surface area contributed by atoms with Crippen LogP contribution in [0.15, 0.2) is 47.4 Å². The van der Waals surface area contributed by atoms with Crippen LogP contribution < -0.4 is 4.72 Å². The van der Waals surface area contributed by atoms with Crippen LogP contribution in [0.3, 0.4) is 0 Å². The highest BCUT2D eigenvalue weighted by Gasteiger charge is 2.14. The molecule has 0 saturated carbocycles. The van der Waals surface area contributed by atoms with E-state index in [1.807, 2.05) is 13.8 Å². The smallest absolute Gasteiger partial charge is 0.207 e. The van der Waals surface area contributed by atoms with E-state index in [2.05, 4.69) is 4.72 Å². The van der Waals surface area contributed by atoms with Crippen molar-refractivity contribution in [2.24, 2.45) is 0 Å². The van der Waals surface area contributed by atoms with Crippen LogP contribution in [0.25, 0.3) is 0 Å². The van der Waals surface area contributed by atoms with E-state index < -0.39 is 21.7 Å². The molecular formula is C16H17F2NO2S. The Morgan fingerprint density at radius 2 is 1.55 bits per heavy atom. The maximum atomic E-state index is 13.1. The molecule has 2 aromatic carbocycles. The van der Waals surface area contributed by atoms with E-state index in [1.165, 1.54) is 12.1 Å². The van der Waals surface area contributed by atoms with Crippen LogP contribution >= 0.6 is 0 Å². The number of sulfonamides is 1. The third kappa shape index (κ3) is 4.11. The summed E-state index contributed by atoms with van der Waals surface area (Å²) in [6, 6.07) is 9.46. The van der Waals surface area contributed by atoms with Crippen LogP contribution in [0.4, 0.5) is 8.78 Å². The Morgan fingerprint density at radius 1 is 1.00 bits per heavy atom. The molecule has 0 aliphatic heterocycles. The summed E-state index contributed by atoms with van der Waals surface area (Å²) in [6.45, 7) is 3.85. The van der Waals surface area contributed by atoms with Gasteiger partial charge in [-0.05, 0) is 41.3 Å². The van der Waals surface area contributed by atoms with Crippen molar-refractivity contribution >= 4 is 10.0 Å². The Hall–Kier alpha value is -1.79. The first-order valence-corrected chi connectivity index (χ1v) is 8.31. The summed E-state index contributed by atoms with van der Waals surface area (Å²) in [5.74, 6) is -1.18. The highest BCUT2D eigenvalue weighted by molar-refractivity contribution is 7.89. The van der Waals surface area contributed by atoms with Gasteiger partial charge in [0.1, 0.15) is 11.6 Å². The summed E-state index contributed by atoms with van der Waals surface area (Å²) in [5.41, 5.74) is 1.26. The molecule has 0 spiro atoms. The fourth-order valence-electron chi connectivity index (χ4n) is 2.01. The van der Waals surface area contributed by atoms with Gasteiger partial charge in [-0.25, -0.2) is 21.9 Å². The van der Waals surface area contributed by atoms with E-state index in [4.69, 9.17) is 0 Å². The summed E-state index contributed by atoms with van der Waals surface area (Å²) < 4.78 is 52.8. The van der Waals surface area contributed by atoms with Crippen LogP contribution in [0, 0.1) is 11.6 Å². The van der Waals surface area contributed by atoms with Gasteiger partial charge in [-0.1, -0.05) is 26.0 Å². The molecule has 0 aromatic heterocycles. The molecule has 22 heavy (non-hydrogen) atoms. The molecule has 0 aliphatic carbocycles. The summed E-state index contributed by atoms with van der Waals surface area (Å²) in [7, 11) is -3.72. The number of nitrogens with one attached hydrogen (secondary N) is 1. The monoisotopic (exact) mass is 325 g/mol. The van der Waals surface area contributed by atoms with E-state index in [0.717, 1.165) is 23.8 Å². The second-order valence-corrected chi connectivity index (χ2v) is 7.09. The highest BCUT2D eigenvalue weighted by Crippen LogP contribution is 2.17. The predicted octanol–water partition coefficient (Wildman–Crippen LogP) is 3.57. The van der Waals surface area contributed by atoms with Gasteiger partial charge in [0.25, 0.3) is 0 Å². The van der Waals surface area contributed by atoms with Crippen molar-refractivity contribution in [3.05, 3.63) is 65.2 Å². The largest absolute Gasteiger partial charge is 0.240 e. The zero-order valence-corrected chi connectivity index (χ0v) is 13.1. The number of benzene rings is 2. The van der Waals surface area contributed by atoms with Gasteiger partial charge >= 0.3 is 0 Å². The molecule has 3 nitrogen and oxygen atoms in total. The first-order chi connectivity index (χ1) is 10.3. The van der Waals surface area contributed by atoms with Crippen molar-refractivity contribution in [2.45, 2.75) is 31.2 Å². The van der Waals surface area contributed by atoms with E-state index in [0.29, 0.717) is 5.92 Å². The molecule has 6 heteroatoms. The van der Waals surface area contributed by atoms with Crippen molar-refractivity contribution in [3.8, 4) is 0 Å². The molecule has 0 radical (unpaired) electrons. The summed E-state index contributed by atoms with van der Waals surface area (Å²) in [4.78, 5) is 0.119. The van der Waals surface area contributed by atoms with E-state index in [1.54, 1.807) is 12.1 Å². The average Bonchev–Trinajstić information content (AvgIpc) is 2.44. The lowest BCUT2D eigenvalue weighted by Crippen LogP contribution is -2.23. The lowest BCUT2D eigenvalue weighted by molar-refractivity contribution is 0.571. The Balaban J connectivity index is 2.13. The van der Waals surface area contributed by atoms with Crippen molar-refractivity contribution < 1.29 is 17.2 Å². The molecule has 0 bridgehead atoms. The topological polar surface area (TPSA) is 46.2 Å². The molecule has 0 saturated heterocycles. The van der Waals surface area contributed by atoms with Gasteiger partial charge in [-0.15, -0.1) is 0 Å². The van der Waals surface area contributed by atoms with Crippen molar-refractivity contribution in [1.29, 1.82) is 0 Å². The molecule has 0 amide bonds. The Kier molecular flexibility index (Phi) is 4.93. The average molecular weight is 325 g/mol. The van der Waals surface area contributed by atoms with Gasteiger partial charge in [0, 0.05) is 12.6 Å². The molecule has 2 rings (SSSR count). The van der Waals surface area contributed by atoms with Gasteiger partial charge in [-0.3, -0.25) is 0 Å². The Labute approximate surface area is 129 Å².